The summed E-state index contributed by atoms with van der Waals surface area (Å²) in [5.74, 6) is 1.69. The highest BCUT2D eigenvalue weighted by molar-refractivity contribution is 5.61. The maximum atomic E-state index is 5.35. The monoisotopic (exact) mass is 228 g/mol. The van der Waals surface area contributed by atoms with Gasteiger partial charge in [-0.05, 0) is 50.1 Å². The van der Waals surface area contributed by atoms with E-state index < -0.39 is 0 Å². The number of rotatable bonds is 2. The van der Waals surface area contributed by atoms with E-state index >= 15 is 0 Å². The number of hydrogen-bond donors (Lipinski definition) is 0. The largest absolute Gasteiger partial charge is 0.496 e. The van der Waals surface area contributed by atoms with E-state index in [0.29, 0.717) is 0 Å². The summed E-state index contributed by atoms with van der Waals surface area (Å²) >= 11 is 0. The fourth-order valence-electron chi connectivity index (χ4n) is 1.99. The predicted molar refractivity (Wildman–Crippen MR) is 68.2 cm³/mol. The van der Waals surface area contributed by atoms with Crippen molar-refractivity contribution in [2.45, 2.75) is 20.8 Å². The van der Waals surface area contributed by atoms with E-state index in [4.69, 9.17) is 4.74 Å². The second kappa shape index (κ2) is 4.53. The van der Waals surface area contributed by atoms with Crippen LogP contribution in [0.3, 0.4) is 0 Å². The minimum atomic E-state index is 0.763. The molecule has 0 radical (unpaired) electrons. The van der Waals surface area contributed by atoms with Crippen molar-refractivity contribution in [1.29, 1.82) is 0 Å². The maximum Gasteiger partial charge on any atom is 0.159 e. The number of aryl methyl sites for hydroxylation is 3. The zero-order valence-corrected chi connectivity index (χ0v) is 10.6. The molecule has 1 aromatic heterocycles. The Kier molecular flexibility index (Phi) is 3.09. The molecule has 0 atom stereocenters. The van der Waals surface area contributed by atoms with Crippen LogP contribution in [0.1, 0.15) is 16.8 Å². The van der Waals surface area contributed by atoms with E-state index in [9.17, 15) is 0 Å². The van der Waals surface area contributed by atoms with Crippen LogP contribution >= 0.6 is 0 Å². The van der Waals surface area contributed by atoms with Crippen LogP contribution in [0, 0.1) is 20.8 Å². The Morgan fingerprint density at radius 1 is 1.06 bits per heavy atom. The molecular formula is C14H16N2O. The van der Waals surface area contributed by atoms with Gasteiger partial charge in [-0.25, -0.2) is 9.97 Å². The molecule has 0 N–H and O–H groups in total. The Balaban J connectivity index is 2.54. The molecule has 0 spiro atoms. The van der Waals surface area contributed by atoms with Crippen LogP contribution in [0.5, 0.6) is 5.75 Å². The second-order valence-corrected chi connectivity index (χ2v) is 4.16. The third-order valence-electron chi connectivity index (χ3n) is 2.72. The number of benzene rings is 1. The van der Waals surface area contributed by atoms with E-state index in [1.54, 1.807) is 13.3 Å². The molecule has 0 aliphatic rings. The highest BCUT2D eigenvalue weighted by atomic mass is 16.5. The van der Waals surface area contributed by atoms with Crippen molar-refractivity contribution in [3.05, 3.63) is 41.2 Å². The van der Waals surface area contributed by atoms with Crippen LogP contribution < -0.4 is 4.74 Å². The molecular weight excluding hydrogens is 212 g/mol. The molecule has 0 bridgehead atoms. The van der Waals surface area contributed by atoms with Crippen LogP contribution in [0.2, 0.25) is 0 Å². The van der Waals surface area contributed by atoms with Crippen molar-refractivity contribution in [3.8, 4) is 17.1 Å². The lowest BCUT2D eigenvalue weighted by Crippen LogP contribution is -1.95. The smallest absolute Gasteiger partial charge is 0.159 e. The van der Waals surface area contributed by atoms with Crippen LogP contribution in [-0.2, 0) is 0 Å². The number of ether oxygens (including phenoxy) is 1. The lowest BCUT2D eigenvalue weighted by Gasteiger charge is -2.10. The average molecular weight is 228 g/mol. The highest BCUT2D eigenvalue weighted by Gasteiger charge is 2.08. The molecule has 0 unspecified atom stereocenters. The Morgan fingerprint density at radius 2 is 1.71 bits per heavy atom. The second-order valence-electron chi connectivity index (χ2n) is 4.16. The molecule has 3 nitrogen and oxygen atoms in total. The lowest BCUT2D eigenvalue weighted by molar-refractivity contribution is 0.408. The van der Waals surface area contributed by atoms with Gasteiger partial charge in [0.15, 0.2) is 5.82 Å². The molecule has 0 saturated carbocycles. The Hall–Kier alpha value is -1.90. The van der Waals surface area contributed by atoms with Gasteiger partial charge >= 0.3 is 0 Å². The van der Waals surface area contributed by atoms with Gasteiger partial charge in [-0.1, -0.05) is 0 Å². The summed E-state index contributed by atoms with van der Waals surface area (Å²) in [4.78, 5) is 8.72. The molecule has 17 heavy (non-hydrogen) atoms. The molecule has 0 saturated heterocycles. The number of nitrogens with zero attached hydrogens (tertiary/aromatic N) is 2. The van der Waals surface area contributed by atoms with E-state index in [-0.39, 0.29) is 0 Å². The molecule has 1 aromatic carbocycles. The van der Waals surface area contributed by atoms with Crippen molar-refractivity contribution in [2.75, 3.05) is 7.11 Å². The Labute approximate surface area is 102 Å². The van der Waals surface area contributed by atoms with Crippen LogP contribution in [-0.4, -0.2) is 17.1 Å². The highest BCUT2D eigenvalue weighted by Crippen LogP contribution is 2.28. The SMILES string of the molecule is COc1c(C)cc(-c2nccc(C)n2)cc1C. The van der Waals surface area contributed by atoms with Crippen LogP contribution in [0.25, 0.3) is 11.4 Å². The molecule has 2 aromatic rings. The normalized spacial score (nSPS) is 10.4. The van der Waals surface area contributed by atoms with E-state index in [0.717, 1.165) is 34.0 Å². The molecule has 2 rings (SSSR count). The lowest BCUT2D eigenvalue weighted by atomic mass is 10.1. The first kappa shape index (κ1) is 11.6. The van der Waals surface area contributed by atoms with Gasteiger partial charge in [0.05, 0.1) is 7.11 Å². The summed E-state index contributed by atoms with van der Waals surface area (Å²) in [5.41, 5.74) is 4.21. The zero-order valence-electron chi connectivity index (χ0n) is 10.6. The van der Waals surface area contributed by atoms with Crippen molar-refractivity contribution < 1.29 is 4.74 Å². The quantitative estimate of drug-likeness (QED) is 0.792. The fourth-order valence-corrected chi connectivity index (χ4v) is 1.99. The molecule has 1 heterocycles. The molecule has 0 amide bonds. The van der Waals surface area contributed by atoms with Crippen molar-refractivity contribution >= 4 is 0 Å². The summed E-state index contributed by atoms with van der Waals surface area (Å²) in [5, 5.41) is 0. The molecule has 0 fully saturated rings. The summed E-state index contributed by atoms with van der Waals surface area (Å²) < 4.78 is 5.35. The standard InChI is InChI=1S/C14H16N2O/c1-9-7-12(8-10(2)13(9)17-4)14-15-6-5-11(3)16-14/h5-8H,1-4H3. The zero-order chi connectivity index (χ0) is 12.4. The van der Waals surface area contributed by atoms with Crippen molar-refractivity contribution in [2.24, 2.45) is 0 Å². The molecule has 88 valence electrons. The third kappa shape index (κ3) is 2.28. The predicted octanol–water partition coefficient (Wildman–Crippen LogP) is 3.08. The van der Waals surface area contributed by atoms with Gasteiger partial charge in [0.1, 0.15) is 5.75 Å². The van der Waals surface area contributed by atoms with Crippen LogP contribution in [0.15, 0.2) is 24.4 Å². The topological polar surface area (TPSA) is 35.0 Å². The summed E-state index contributed by atoms with van der Waals surface area (Å²) in [6, 6.07) is 6.01. The van der Waals surface area contributed by atoms with Gasteiger partial charge in [0.25, 0.3) is 0 Å². The first-order valence-corrected chi connectivity index (χ1v) is 5.57. The number of aromatic nitrogens is 2. The van der Waals surface area contributed by atoms with Crippen LogP contribution in [0.4, 0.5) is 0 Å². The third-order valence-corrected chi connectivity index (χ3v) is 2.72. The average Bonchev–Trinajstić information content (AvgIpc) is 2.28. The number of methoxy groups -OCH3 is 1. The Morgan fingerprint density at radius 3 is 2.24 bits per heavy atom. The van der Waals surface area contributed by atoms with Gasteiger partial charge in [-0.15, -0.1) is 0 Å². The summed E-state index contributed by atoms with van der Waals surface area (Å²) in [7, 11) is 1.69. The van der Waals surface area contributed by atoms with E-state index in [1.165, 1.54) is 0 Å². The summed E-state index contributed by atoms with van der Waals surface area (Å²) in [6.07, 6.45) is 1.78. The number of hydrogen-bond acceptors (Lipinski definition) is 3. The maximum absolute atomic E-state index is 5.35. The molecule has 0 aliphatic heterocycles. The Bertz CT molecular complexity index is 527. The van der Waals surface area contributed by atoms with Gasteiger partial charge in [-0.3, -0.25) is 0 Å². The molecule has 0 aliphatic carbocycles. The first-order chi connectivity index (χ1) is 8.11. The van der Waals surface area contributed by atoms with Crippen molar-refractivity contribution in [1.82, 2.24) is 9.97 Å². The van der Waals surface area contributed by atoms with Gasteiger partial charge in [0, 0.05) is 17.5 Å². The minimum Gasteiger partial charge on any atom is -0.496 e. The van der Waals surface area contributed by atoms with Gasteiger partial charge < -0.3 is 4.74 Å². The van der Waals surface area contributed by atoms with Gasteiger partial charge in [-0.2, -0.15) is 0 Å². The summed E-state index contributed by atoms with van der Waals surface area (Å²) in [6.45, 7) is 6.03. The van der Waals surface area contributed by atoms with E-state index in [1.807, 2.05) is 26.8 Å². The fraction of sp³-hybridized carbons (Fsp3) is 0.286. The molecule has 3 heteroatoms. The van der Waals surface area contributed by atoms with Gasteiger partial charge in [0.2, 0.25) is 0 Å². The minimum absolute atomic E-state index is 0.763. The first-order valence-electron chi connectivity index (χ1n) is 5.57. The van der Waals surface area contributed by atoms with Crippen molar-refractivity contribution in [3.63, 3.8) is 0 Å². The van der Waals surface area contributed by atoms with E-state index in [2.05, 4.69) is 22.1 Å².